The first-order valence-corrected chi connectivity index (χ1v) is 20.7. The predicted octanol–water partition coefficient (Wildman–Crippen LogP) is 12.2. The molecule has 0 spiro atoms. The zero-order chi connectivity index (χ0) is 33.7. The number of benzene rings is 1. The molecule has 5 heteroatoms. The van der Waals surface area contributed by atoms with E-state index in [0.29, 0.717) is 13.2 Å². The molecule has 0 amide bonds. The van der Waals surface area contributed by atoms with E-state index in [4.69, 9.17) is 14.2 Å². The van der Waals surface area contributed by atoms with Gasteiger partial charge in [0.15, 0.2) is 0 Å². The Morgan fingerprint density at radius 2 is 0.745 bits per heavy atom. The van der Waals surface area contributed by atoms with Crippen LogP contribution in [0, 0.1) is 0 Å². The molecule has 0 aromatic heterocycles. The molecular weight excluding hydrogens is 580 g/mol. The van der Waals surface area contributed by atoms with Crippen molar-refractivity contribution >= 4 is 0 Å². The molecule has 2 bridgehead atoms. The second-order valence-corrected chi connectivity index (χ2v) is 14.4. The molecule has 0 fully saturated rings. The van der Waals surface area contributed by atoms with Crippen LogP contribution in [0.2, 0.25) is 0 Å². The quantitative estimate of drug-likeness (QED) is 0.0688. The minimum atomic E-state index is -1.10. The molecule has 47 heavy (non-hydrogen) atoms. The standard InChI is InChI=1S/C42H78N2O3/c1-5-9-13-17-21-25-33-43(34-26-22-18-14-10-6-2)37-38-45-42(46-40-29-30-41(47-42)32-31-40)39-44(35-27-23-19-15-11-7-3)36-28-24-20-16-12-8-4/h29-32H,5-28,33-39H2,1-4H3. The number of rotatable bonds is 34. The molecule has 0 unspecified atom stereocenters. The SMILES string of the molecule is CCCCCCCCN(CCCCCCCC)CCOC1(CN(CCCCCCCC)CCCCCCCC)Oc2ccc(cc2)O1. The van der Waals surface area contributed by atoms with Gasteiger partial charge < -0.3 is 19.1 Å². The van der Waals surface area contributed by atoms with Crippen LogP contribution in [0.5, 0.6) is 11.5 Å². The van der Waals surface area contributed by atoms with Crippen LogP contribution in [0.1, 0.15) is 182 Å². The van der Waals surface area contributed by atoms with E-state index in [1.807, 2.05) is 24.3 Å². The van der Waals surface area contributed by atoms with Gasteiger partial charge in [-0.15, -0.1) is 0 Å². The Kier molecular flexibility index (Phi) is 25.4. The number of hydrogen-bond acceptors (Lipinski definition) is 5. The summed E-state index contributed by atoms with van der Waals surface area (Å²) in [5.41, 5.74) is 0. The molecule has 274 valence electrons. The van der Waals surface area contributed by atoms with Crippen LogP contribution in [0.4, 0.5) is 0 Å². The van der Waals surface area contributed by atoms with Gasteiger partial charge in [0.05, 0.1) is 6.61 Å². The summed E-state index contributed by atoms with van der Waals surface area (Å²) in [6, 6.07) is 8.09. The van der Waals surface area contributed by atoms with E-state index < -0.39 is 5.97 Å². The molecular formula is C42H78N2O3. The molecule has 2 heterocycles. The lowest BCUT2D eigenvalue weighted by atomic mass is 10.1. The van der Waals surface area contributed by atoms with Gasteiger partial charge in [0.2, 0.25) is 0 Å². The maximum absolute atomic E-state index is 6.78. The lowest BCUT2D eigenvalue weighted by Crippen LogP contribution is -2.54. The van der Waals surface area contributed by atoms with Crippen LogP contribution in [-0.2, 0) is 4.74 Å². The smallest absolute Gasteiger partial charge is 0.385 e. The van der Waals surface area contributed by atoms with Gasteiger partial charge in [-0.25, -0.2) is 0 Å². The molecule has 3 rings (SSSR count). The molecule has 0 atom stereocenters. The van der Waals surface area contributed by atoms with Crippen LogP contribution in [0.25, 0.3) is 0 Å². The largest absolute Gasteiger partial charge is 0.429 e. The van der Waals surface area contributed by atoms with Crippen LogP contribution >= 0.6 is 0 Å². The van der Waals surface area contributed by atoms with Crippen molar-refractivity contribution in [3.63, 3.8) is 0 Å². The Hall–Kier alpha value is -1.30. The lowest BCUT2D eigenvalue weighted by molar-refractivity contribution is -0.306. The number of hydrogen-bond donors (Lipinski definition) is 0. The molecule has 1 aromatic rings. The molecule has 0 saturated heterocycles. The highest BCUT2D eigenvalue weighted by Crippen LogP contribution is 2.32. The Morgan fingerprint density at radius 1 is 0.426 bits per heavy atom. The predicted molar refractivity (Wildman–Crippen MR) is 203 cm³/mol. The van der Waals surface area contributed by atoms with E-state index in [1.165, 1.54) is 167 Å². The minimum absolute atomic E-state index is 0.619. The van der Waals surface area contributed by atoms with E-state index in [9.17, 15) is 0 Å². The molecule has 2 aliphatic rings. The van der Waals surface area contributed by atoms with E-state index in [0.717, 1.165) is 31.1 Å². The lowest BCUT2D eigenvalue weighted by Gasteiger charge is -2.37. The van der Waals surface area contributed by atoms with Gasteiger partial charge in [0.1, 0.15) is 18.0 Å². The average molecular weight is 659 g/mol. The Morgan fingerprint density at radius 3 is 1.11 bits per heavy atom. The number of unbranched alkanes of at least 4 members (excludes halogenated alkanes) is 20. The van der Waals surface area contributed by atoms with Crippen molar-refractivity contribution in [2.24, 2.45) is 0 Å². The fraction of sp³-hybridized carbons (Fsp3) is 0.857. The third-order valence-electron chi connectivity index (χ3n) is 9.83. The minimum Gasteiger partial charge on any atom is -0.429 e. The highest BCUT2D eigenvalue weighted by atomic mass is 16.9. The fourth-order valence-corrected chi connectivity index (χ4v) is 6.80. The van der Waals surface area contributed by atoms with Crippen molar-refractivity contribution in [3.8, 4) is 11.5 Å². The summed E-state index contributed by atoms with van der Waals surface area (Å²) >= 11 is 0. The molecule has 0 N–H and O–H groups in total. The first-order valence-electron chi connectivity index (χ1n) is 20.7. The Bertz CT molecular complexity index is 760. The van der Waals surface area contributed by atoms with Crippen molar-refractivity contribution < 1.29 is 14.2 Å². The maximum Gasteiger partial charge on any atom is 0.385 e. The van der Waals surface area contributed by atoms with E-state index in [-0.39, 0.29) is 0 Å². The van der Waals surface area contributed by atoms with Crippen molar-refractivity contribution in [2.45, 2.75) is 188 Å². The second kappa shape index (κ2) is 28.5. The zero-order valence-corrected chi connectivity index (χ0v) is 31.8. The molecule has 1 aromatic carbocycles. The zero-order valence-electron chi connectivity index (χ0n) is 31.8. The van der Waals surface area contributed by atoms with Crippen LogP contribution in [0.3, 0.4) is 0 Å². The van der Waals surface area contributed by atoms with Crippen molar-refractivity contribution in [2.75, 3.05) is 45.9 Å². The van der Waals surface area contributed by atoms with E-state index in [1.54, 1.807) is 0 Å². The van der Waals surface area contributed by atoms with E-state index in [2.05, 4.69) is 37.5 Å². The van der Waals surface area contributed by atoms with Gasteiger partial charge in [-0.1, -0.05) is 156 Å². The van der Waals surface area contributed by atoms with Gasteiger partial charge in [-0.3, -0.25) is 4.90 Å². The highest BCUT2D eigenvalue weighted by molar-refractivity contribution is 5.33. The highest BCUT2D eigenvalue weighted by Gasteiger charge is 2.41. The van der Waals surface area contributed by atoms with E-state index >= 15 is 0 Å². The van der Waals surface area contributed by atoms with Gasteiger partial charge in [0, 0.05) is 6.54 Å². The fourth-order valence-electron chi connectivity index (χ4n) is 6.80. The van der Waals surface area contributed by atoms with Crippen molar-refractivity contribution in [1.29, 1.82) is 0 Å². The summed E-state index contributed by atoms with van der Waals surface area (Å²) in [4.78, 5) is 5.23. The molecule has 0 saturated carbocycles. The second-order valence-electron chi connectivity index (χ2n) is 14.4. The summed E-state index contributed by atoms with van der Waals surface area (Å²) in [6.45, 7) is 15.9. The maximum atomic E-state index is 6.78. The monoisotopic (exact) mass is 659 g/mol. The summed E-state index contributed by atoms with van der Waals surface area (Å²) in [7, 11) is 0. The third-order valence-corrected chi connectivity index (χ3v) is 9.83. The number of fused-ring (bicyclic) bond motifs is 4. The summed E-state index contributed by atoms with van der Waals surface area (Å²) in [6.07, 6.45) is 31.8. The van der Waals surface area contributed by atoms with Gasteiger partial charge in [-0.05, 0) is 76.1 Å². The van der Waals surface area contributed by atoms with Crippen LogP contribution in [-0.4, -0.2) is 61.6 Å². The van der Waals surface area contributed by atoms with Gasteiger partial charge >= 0.3 is 5.97 Å². The number of nitrogens with zero attached hydrogens (tertiary/aromatic N) is 2. The van der Waals surface area contributed by atoms with Gasteiger partial charge in [0.25, 0.3) is 0 Å². The first-order chi connectivity index (χ1) is 23.1. The van der Waals surface area contributed by atoms with Crippen molar-refractivity contribution in [1.82, 2.24) is 9.80 Å². The normalized spacial score (nSPS) is 13.7. The average Bonchev–Trinajstić information content (AvgIpc) is 3.36. The summed E-state index contributed by atoms with van der Waals surface area (Å²) in [5.74, 6) is 0.566. The Labute approximate surface area is 292 Å². The molecule has 0 radical (unpaired) electrons. The Balaban J connectivity index is 2.02. The molecule has 0 aliphatic carbocycles. The molecule has 2 aliphatic heterocycles. The van der Waals surface area contributed by atoms with Crippen LogP contribution < -0.4 is 9.47 Å². The van der Waals surface area contributed by atoms with Gasteiger partial charge in [-0.2, -0.15) is 0 Å². The first kappa shape index (κ1) is 41.9. The topological polar surface area (TPSA) is 34.2 Å². The molecule has 5 nitrogen and oxygen atoms in total. The summed E-state index contributed by atoms with van der Waals surface area (Å²) < 4.78 is 20.0. The van der Waals surface area contributed by atoms with Crippen LogP contribution in [0.15, 0.2) is 24.3 Å². The summed E-state index contributed by atoms with van der Waals surface area (Å²) in [5, 5.41) is 0. The number of ether oxygens (including phenoxy) is 3. The van der Waals surface area contributed by atoms with Crippen molar-refractivity contribution in [3.05, 3.63) is 24.3 Å². The third kappa shape index (κ3) is 20.7.